The Kier molecular flexibility index (Phi) is 4.25. The smallest absolute Gasteiger partial charge is 0.217 e. The van der Waals surface area contributed by atoms with Gasteiger partial charge in [0.1, 0.15) is 12.4 Å². The predicted molar refractivity (Wildman–Crippen MR) is 86.4 cm³/mol. The second-order valence-electron chi connectivity index (χ2n) is 5.30. The zero-order valence-electron chi connectivity index (χ0n) is 12.8. The summed E-state index contributed by atoms with van der Waals surface area (Å²) >= 11 is 6.26. The minimum absolute atomic E-state index is 0.0759. The molecule has 0 atom stereocenters. The molecular formula is C16H16ClN3O3. The number of hydrogen-bond acceptors (Lipinski definition) is 4. The van der Waals surface area contributed by atoms with E-state index in [1.807, 2.05) is 31.2 Å². The van der Waals surface area contributed by atoms with Crippen LogP contribution in [0.5, 0.6) is 5.75 Å². The molecule has 0 aliphatic rings. The van der Waals surface area contributed by atoms with Crippen molar-refractivity contribution >= 4 is 28.4 Å². The average Bonchev–Trinajstić information content (AvgIpc) is 3.08. The molecule has 0 saturated heterocycles. The Morgan fingerprint density at radius 2 is 2.22 bits per heavy atom. The summed E-state index contributed by atoms with van der Waals surface area (Å²) < 4.78 is 10.8. The summed E-state index contributed by atoms with van der Waals surface area (Å²) in [5.74, 6) is 1.12. The average molecular weight is 334 g/mol. The van der Waals surface area contributed by atoms with Crippen LogP contribution in [-0.2, 0) is 17.9 Å². The van der Waals surface area contributed by atoms with Crippen LogP contribution in [0.25, 0.3) is 10.9 Å². The number of aromatic amines is 1. The molecule has 120 valence electrons. The lowest BCUT2D eigenvalue weighted by atomic mass is 10.2. The van der Waals surface area contributed by atoms with E-state index in [1.165, 1.54) is 6.92 Å². The molecule has 23 heavy (non-hydrogen) atoms. The number of carbonyl (C=O) groups excluding carboxylic acids is 1. The van der Waals surface area contributed by atoms with Gasteiger partial charge < -0.3 is 19.6 Å². The summed E-state index contributed by atoms with van der Waals surface area (Å²) in [5, 5.41) is 8.03. The van der Waals surface area contributed by atoms with Gasteiger partial charge in [-0.3, -0.25) is 4.79 Å². The van der Waals surface area contributed by atoms with Crippen LogP contribution in [0.4, 0.5) is 0 Å². The van der Waals surface area contributed by atoms with Gasteiger partial charge in [0.25, 0.3) is 0 Å². The topological polar surface area (TPSA) is 80.2 Å². The fourth-order valence-electron chi connectivity index (χ4n) is 2.25. The highest BCUT2D eigenvalue weighted by Crippen LogP contribution is 2.31. The Morgan fingerprint density at radius 3 is 2.91 bits per heavy atom. The number of nitrogens with one attached hydrogen (secondary N) is 2. The van der Waals surface area contributed by atoms with E-state index < -0.39 is 0 Å². The van der Waals surface area contributed by atoms with Crippen molar-refractivity contribution in [1.29, 1.82) is 0 Å². The Morgan fingerprint density at radius 1 is 1.39 bits per heavy atom. The summed E-state index contributed by atoms with van der Waals surface area (Å²) in [4.78, 5) is 14.2. The Bertz CT molecular complexity index is 853. The summed E-state index contributed by atoms with van der Waals surface area (Å²) in [7, 11) is 0. The summed E-state index contributed by atoms with van der Waals surface area (Å²) in [6.07, 6.45) is 0. The monoisotopic (exact) mass is 333 g/mol. The van der Waals surface area contributed by atoms with Crippen molar-refractivity contribution < 1.29 is 14.1 Å². The van der Waals surface area contributed by atoms with Gasteiger partial charge in [-0.15, -0.1) is 0 Å². The molecule has 2 heterocycles. The maximum atomic E-state index is 11.0. The van der Waals surface area contributed by atoms with Gasteiger partial charge in [-0.05, 0) is 19.1 Å². The maximum Gasteiger partial charge on any atom is 0.217 e. The van der Waals surface area contributed by atoms with Crippen molar-refractivity contribution in [1.82, 2.24) is 15.5 Å². The molecule has 0 aliphatic carbocycles. The van der Waals surface area contributed by atoms with Gasteiger partial charge in [0.05, 0.1) is 17.3 Å². The number of ether oxygens (including phenoxy) is 1. The number of rotatable bonds is 5. The lowest BCUT2D eigenvalue weighted by Crippen LogP contribution is -2.18. The van der Waals surface area contributed by atoms with Gasteiger partial charge in [0, 0.05) is 35.7 Å². The lowest BCUT2D eigenvalue weighted by Gasteiger charge is -2.06. The number of benzene rings is 1. The van der Waals surface area contributed by atoms with E-state index in [-0.39, 0.29) is 12.5 Å². The van der Waals surface area contributed by atoms with Crippen LogP contribution in [0.1, 0.15) is 24.1 Å². The zero-order chi connectivity index (χ0) is 16.4. The summed E-state index contributed by atoms with van der Waals surface area (Å²) in [6.45, 7) is 4.03. The van der Waals surface area contributed by atoms with E-state index in [2.05, 4.69) is 15.5 Å². The number of nitrogens with zero attached hydrogens (tertiary/aromatic N) is 1. The first-order chi connectivity index (χ1) is 11.0. The van der Waals surface area contributed by atoms with Crippen molar-refractivity contribution in [3.05, 3.63) is 46.4 Å². The number of fused-ring (bicyclic) bond motifs is 1. The maximum absolute atomic E-state index is 11.0. The fraction of sp³-hybridized carbons (Fsp3) is 0.250. The molecular weight excluding hydrogens is 318 g/mol. The van der Waals surface area contributed by atoms with Crippen LogP contribution in [0, 0.1) is 6.92 Å². The third kappa shape index (κ3) is 3.65. The van der Waals surface area contributed by atoms with Crippen molar-refractivity contribution in [2.45, 2.75) is 27.0 Å². The van der Waals surface area contributed by atoms with Crippen molar-refractivity contribution in [3.8, 4) is 5.75 Å². The van der Waals surface area contributed by atoms with E-state index in [0.29, 0.717) is 23.1 Å². The highest BCUT2D eigenvalue weighted by molar-refractivity contribution is 6.32. The normalized spacial score (nSPS) is 10.9. The van der Waals surface area contributed by atoms with Crippen molar-refractivity contribution in [3.63, 3.8) is 0 Å². The van der Waals surface area contributed by atoms with Gasteiger partial charge in [0.15, 0.2) is 5.76 Å². The van der Waals surface area contributed by atoms with Crippen LogP contribution in [-0.4, -0.2) is 16.0 Å². The quantitative estimate of drug-likeness (QED) is 0.750. The zero-order valence-corrected chi connectivity index (χ0v) is 13.5. The summed E-state index contributed by atoms with van der Waals surface area (Å²) in [5.41, 5.74) is 2.59. The number of aryl methyl sites for hydroxylation is 1. The van der Waals surface area contributed by atoms with E-state index in [1.54, 1.807) is 0 Å². The molecule has 0 bridgehead atoms. The van der Waals surface area contributed by atoms with E-state index in [0.717, 1.165) is 22.3 Å². The van der Waals surface area contributed by atoms with Crippen LogP contribution < -0.4 is 10.1 Å². The molecule has 0 saturated carbocycles. The van der Waals surface area contributed by atoms with Gasteiger partial charge in [-0.1, -0.05) is 16.8 Å². The molecule has 3 aromatic rings. The molecule has 1 amide bonds. The summed E-state index contributed by atoms with van der Waals surface area (Å²) in [6, 6.07) is 7.41. The van der Waals surface area contributed by atoms with E-state index >= 15 is 0 Å². The van der Waals surface area contributed by atoms with Crippen LogP contribution in [0.3, 0.4) is 0 Å². The minimum atomic E-state index is -0.0759. The molecule has 1 aromatic carbocycles. The first kappa shape index (κ1) is 15.4. The van der Waals surface area contributed by atoms with E-state index in [4.69, 9.17) is 20.9 Å². The van der Waals surface area contributed by atoms with Crippen LogP contribution >= 0.6 is 11.6 Å². The van der Waals surface area contributed by atoms with Gasteiger partial charge >= 0.3 is 0 Å². The number of carbonyl (C=O) groups is 1. The molecule has 0 fully saturated rings. The lowest BCUT2D eigenvalue weighted by molar-refractivity contribution is -0.119. The van der Waals surface area contributed by atoms with E-state index in [9.17, 15) is 4.79 Å². The number of hydrogen-bond donors (Lipinski definition) is 2. The Hall–Kier alpha value is -2.47. The third-order valence-corrected chi connectivity index (χ3v) is 3.60. The molecule has 6 nitrogen and oxygen atoms in total. The highest BCUT2D eigenvalue weighted by atomic mass is 35.5. The van der Waals surface area contributed by atoms with Gasteiger partial charge in [0.2, 0.25) is 5.91 Å². The number of aromatic nitrogens is 2. The molecule has 0 spiro atoms. The Labute approximate surface area is 137 Å². The second kappa shape index (κ2) is 6.34. The first-order valence-electron chi connectivity index (χ1n) is 7.12. The number of H-pyrrole nitrogens is 1. The Balaban J connectivity index is 1.77. The molecule has 2 N–H and O–H groups in total. The molecule has 2 aromatic heterocycles. The van der Waals surface area contributed by atoms with Crippen molar-refractivity contribution in [2.24, 2.45) is 0 Å². The third-order valence-electron chi connectivity index (χ3n) is 3.30. The molecule has 0 radical (unpaired) electrons. The molecule has 0 unspecified atom stereocenters. The fourth-order valence-corrected chi connectivity index (χ4v) is 2.48. The SMILES string of the molecule is CC(=O)NCc1cc2cc(Cl)c(OCc3cc(C)no3)cc2[nH]1. The molecule has 7 heteroatoms. The largest absolute Gasteiger partial charge is 0.484 e. The van der Waals surface area contributed by atoms with Gasteiger partial charge in [-0.2, -0.15) is 0 Å². The van der Waals surface area contributed by atoms with Crippen molar-refractivity contribution in [2.75, 3.05) is 0 Å². The number of amides is 1. The molecule has 3 rings (SSSR count). The highest BCUT2D eigenvalue weighted by Gasteiger charge is 2.09. The predicted octanol–water partition coefficient (Wildman–Crippen LogP) is 3.33. The second-order valence-corrected chi connectivity index (χ2v) is 5.70. The van der Waals surface area contributed by atoms with Gasteiger partial charge in [-0.25, -0.2) is 0 Å². The molecule has 0 aliphatic heterocycles. The first-order valence-corrected chi connectivity index (χ1v) is 7.49. The number of halogens is 1. The van der Waals surface area contributed by atoms with Crippen LogP contribution in [0.15, 0.2) is 28.8 Å². The standard InChI is InChI=1S/C16H16ClN3O3/c1-9-3-13(23-20-9)8-22-16-6-15-11(5-14(16)17)4-12(19-15)7-18-10(2)21/h3-6,19H,7-8H2,1-2H3,(H,18,21). The minimum Gasteiger partial charge on any atom is -0.484 e. The van der Waals surface area contributed by atoms with Crippen LogP contribution in [0.2, 0.25) is 5.02 Å².